The number of nitrogens with one attached hydrogen (secondary N) is 1. The lowest BCUT2D eigenvalue weighted by Gasteiger charge is -2.33. The summed E-state index contributed by atoms with van der Waals surface area (Å²) in [6, 6.07) is 0. The molecular weight excluding hydrogens is 617 g/mol. The first-order valence-corrected chi connectivity index (χ1v) is 13.4. The van der Waals surface area contributed by atoms with Gasteiger partial charge in [0.1, 0.15) is 42.8 Å². The minimum atomic E-state index is -1.16. The molecule has 5 N–H and O–H groups in total. The molecule has 2 aromatic heterocycles. The number of hydrogen-bond donors (Lipinski definition) is 4. The number of quaternary nitrogens is 1. The number of aliphatic hydroxyl groups is 2. The molecule has 216 valence electrons. The molecule has 2 aromatic rings. The van der Waals surface area contributed by atoms with E-state index in [-0.39, 0.29) is 41.8 Å². The van der Waals surface area contributed by atoms with Crippen LogP contribution in [0.4, 0.5) is 5.82 Å². The van der Waals surface area contributed by atoms with Gasteiger partial charge in [0.25, 0.3) is 0 Å². The van der Waals surface area contributed by atoms with E-state index in [1.54, 1.807) is 4.57 Å². The van der Waals surface area contributed by atoms with Gasteiger partial charge in [-0.2, -0.15) is 0 Å². The Labute approximate surface area is 246 Å². The molecule has 1 aliphatic heterocycles. The Morgan fingerprint density at radius 1 is 1.26 bits per heavy atom. The zero-order valence-corrected chi connectivity index (χ0v) is 24.8. The van der Waals surface area contributed by atoms with Gasteiger partial charge < -0.3 is 59.2 Å². The monoisotopic (exact) mass is 657 g/mol. The number of anilines is 1. The number of aliphatic hydroxyl groups excluding tert-OH is 2. The Hall–Kier alpha value is -2.09. The molecule has 0 radical (unpaired) electrons. The quantitative estimate of drug-likeness (QED) is 0.0878. The lowest BCUT2D eigenvalue weighted by atomic mass is 10.1. The third-order valence-electron chi connectivity index (χ3n) is 7.11. The van der Waals surface area contributed by atoms with Gasteiger partial charge in [-0.1, -0.05) is 12.3 Å². The van der Waals surface area contributed by atoms with E-state index < -0.39 is 24.5 Å². The molecule has 13 heteroatoms. The maximum absolute atomic E-state index is 12.3. The summed E-state index contributed by atoms with van der Waals surface area (Å²) >= 11 is 0. The van der Waals surface area contributed by atoms with Crippen molar-refractivity contribution >= 4 is 22.9 Å². The van der Waals surface area contributed by atoms with Crippen molar-refractivity contribution in [1.29, 1.82) is 0 Å². The first-order valence-electron chi connectivity index (χ1n) is 13.4. The van der Waals surface area contributed by atoms with Gasteiger partial charge >= 0.3 is 0 Å². The van der Waals surface area contributed by atoms with Gasteiger partial charge in [-0.05, 0) is 19.3 Å². The number of likely N-dealkylation sites (N-methyl/N-ethyl adjacent to an activating group) is 1. The fourth-order valence-electron chi connectivity index (χ4n) is 5.00. The summed E-state index contributed by atoms with van der Waals surface area (Å²) in [7, 11) is 4.02. The highest BCUT2D eigenvalue weighted by atomic mass is 127. The predicted octanol–water partition coefficient (Wildman–Crippen LogP) is -2.64. The molecule has 3 heterocycles. The highest BCUT2D eigenvalue weighted by molar-refractivity contribution is 5.81. The molecule has 4 rings (SSSR count). The summed E-state index contributed by atoms with van der Waals surface area (Å²) < 4.78 is 14.0. The molecule has 2 aliphatic rings. The van der Waals surface area contributed by atoms with Crippen molar-refractivity contribution in [2.45, 2.75) is 75.6 Å². The van der Waals surface area contributed by atoms with Crippen LogP contribution >= 0.6 is 0 Å². The molecule has 0 aromatic carbocycles. The fourth-order valence-corrected chi connectivity index (χ4v) is 5.00. The smallest absolute Gasteiger partial charge is 0.220 e. The molecule has 1 aliphatic carbocycles. The largest absolute Gasteiger partial charge is 1.00 e. The van der Waals surface area contributed by atoms with Crippen LogP contribution in [0.15, 0.2) is 12.7 Å². The number of nitrogen functional groups attached to an aromatic ring is 1. The maximum atomic E-state index is 12.3. The Kier molecular flexibility index (Phi) is 11.7. The molecule has 5 atom stereocenters. The first-order chi connectivity index (χ1) is 18.2. The van der Waals surface area contributed by atoms with Gasteiger partial charge in [-0.3, -0.25) is 9.36 Å². The van der Waals surface area contributed by atoms with Crippen molar-refractivity contribution in [2.24, 2.45) is 0 Å². The van der Waals surface area contributed by atoms with Crippen molar-refractivity contribution in [2.75, 3.05) is 46.1 Å². The van der Waals surface area contributed by atoms with Gasteiger partial charge in [0.05, 0.1) is 33.6 Å². The van der Waals surface area contributed by atoms with Gasteiger partial charge in [-0.15, -0.1) is 5.92 Å². The number of hydrogen-bond acceptors (Lipinski definition) is 9. The molecule has 1 amide bonds. The Balaban J connectivity index is 0.00000420. The summed E-state index contributed by atoms with van der Waals surface area (Å²) in [5.41, 5.74) is 6.70. The van der Waals surface area contributed by atoms with E-state index in [4.69, 9.17) is 15.2 Å². The van der Waals surface area contributed by atoms with Crippen LogP contribution in [0.5, 0.6) is 0 Å². The highest BCUT2D eigenvalue weighted by Gasteiger charge is 2.46. The summed E-state index contributed by atoms with van der Waals surface area (Å²) in [5.74, 6) is 6.55. The van der Waals surface area contributed by atoms with Crippen molar-refractivity contribution in [3.05, 3.63) is 12.7 Å². The lowest BCUT2D eigenvalue weighted by molar-refractivity contribution is -0.893. The number of imidazole rings is 1. The highest BCUT2D eigenvalue weighted by Crippen LogP contribution is 2.32. The van der Waals surface area contributed by atoms with Crippen LogP contribution in [0, 0.1) is 11.8 Å². The zero-order valence-electron chi connectivity index (χ0n) is 22.6. The van der Waals surface area contributed by atoms with E-state index in [1.165, 1.54) is 19.1 Å². The number of halogens is 1. The second-order valence-electron chi connectivity index (χ2n) is 10.7. The molecule has 1 fully saturated rings. The number of nitrogens with two attached hydrogens (primary N) is 1. The molecule has 1 unspecified atom stereocenters. The molecule has 12 nitrogen and oxygen atoms in total. The summed E-state index contributed by atoms with van der Waals surface area (Å²) in [6.07, 6.45) is 5.51. The lowest BCUT2D eigenvalue weighted by Crippen LogP contribution is -3.00. The van der Waals surface area contributed by atoms with E-state index >= 15 is 0 Å². The van der Waals surface area contributed by atoms with E-state index in [9.17, 15) is 15.0 Å². The normalized spacial score (nSPS) is 25.3. The second-order valence-corrected chi connectivity index (χ2v) is 10.7. The minimum Gasteiger partial charge on any atom is -1.00 e. The van der Waals surface area contributed by atoms with Crippen LogP contribution in [0.3, 0.4) is 0 Å². The average Bonchev–Trinajstić information content (AvgIpc) is 3.40. The van der Waals surface area contributed by atoms with Crippen LogP contribution in [0.25, 0.3) is 11.2 Å². The summed E-state index contributed by atoms with van der Waals surface area (Å²) in [5, 5.41) is 24.3. The third kappa shape index (κ3) is 8.45. The third-order valence-corrected chi connectivity index (χ3v) is 7.11. The second kappa shape index (κ2) is 14.5. The topological polar surface area (TPSA) is 158 Å². The number of rotatable bonds is 11. The van der Waals surface area contributed by atoms with Gasteiger partial charge in [0.15, 0.2) is 17.7 Å². The molecule has 39 heavy (non-hydrogen) atoms. The van der Waals surface area contributed by atoms with Crippen LogP contribution in [0.1, 0.15) is 51.2 Å². The molecule has 0 bridgehead atoms. The van der Waals surface area contributed by atoms with Gasteiger partial charge in [0, 0.05) is 25.8 Å². The standard InChI is InChI=1S/C26H39N7O5.HI/c1-33(2,13-8-11-20(34)28-12-14-37-18-9-6-4-3-5-7-10-18)15-19-22(35)23(36)26(38-19)32-17-31-21-24(27)29-16-30-25(21)32;/h16-19,22-23,26,35-36H,3-6,8-9,11-15H2,1-2H3,(H2-,27,28,29,30,34);1H/t18?,19-,22-,23-,26-;/m1./s1. The minimum absolute atomic E-state index is 0. The number of carbonyl (C=O) groups excluding carboxylic acids is 1. The molecule has 0 saturated carbocycles. The first kappa shape index (κ1) is 31.4. The molecule has 0 spiro atoms. The van der Waals surface area contributed by atoms with E-state index in [2.05, 4.69) is 32.1 Å². The van der Waals surface area contributed by atoms with Crippen LogP contribution in [-0.4, -0.2) is 105 Å². The van der Waals surface area contributed by atoms with Crippen LogP contribution in [0.2, 0.25) is 0 Å². The van der Waals surface area contributed by atoms with Crippen LogP contribution < -0.4 is 35.0 Å². The van der Waals surface area contributed by atoms with Crippen molar-refractivity contribution in [3.63, 3.8) is 0 Å². The summed E-state index contributed by atoms with van der Waals surface area (Å²) in [6.45, 7) is 2.08. The fraction of sp³-hybridized carbons (Fsp3) is 0.692. The molecular formula is C26H40IN7O5. The Morgan fingerprint density at radius 2 is 2.08 bits per heavy atom. The van der Waals surface area contributed by atoms with E-state index in [0.717, 1.165) is 25.7 Å². The predicted molar refractivity (Wildman–Crippen MR) is 140 cm³/mol. The number of fused-ring (bicyclic) bond motifs is 1. The van der Waals surface area contributed by atoms with Crippen molar-refractivity contribution in [1.82, 2.24) is 24.8 Å². The Bertz CT molecular complexity index is 1150. The average molecular weight is 658 g/mol. The maximum Gasteiger partial charge on any atom is 0.220 e. The number of carbonyl (C=O) groups is 1. The molecule has 1 saturated heterocycles. The number of amides is 1. The SMILES string of the molecule is C[N+](C)(CCCC(=O)NCCOC1C#CCCCCC1)C[C@H]1O[C@@H](n2cnc3c(N)ncnc32)[C@H](O)[C@@H]1O.[I-]. The van der Waals surface area contributed by atoms with Gasteiger partial charge in [-0.25, -0.2) is 15.0 Å². The van der Waals surface area contributed by atoms with Crippen LogP contribution in [-0.2, 0) is 14.3 Å². The zero-order chi connectivity index (χ0) is 27.1. The van der Waals surface area contributed by atoms with Gasteiger partial charge in [0.2, 0.25) is 5.91 Å². The van der Waals surface area contributed by atoms with Crippen molar-refractivity contribution in [3.8, 4) is 11.8 Å². The number of nitrogens with zero attached hydrogens (tertiary/aromatic N) is 5. The van der Waals surface area contributed by atoms with E-state index in [1.807, 2.05) is 14.1 Å². The Morgan fingerprint density at radius 3 is 2.90 bits per heavy atom. The van der Waals surface area contributed by atoms with E-state index in [0.29, 0.717) is 54.7 Å². The number of ether oxygens (including phenoxy) is 2. The van der Waals surface area contributed by atoms with Crippen molar-refractivity contribution < 1.29 is 52.9 Å². The summed E-state index contributed by atoms with van der Waals surface area (Å²) in [4.78, 5) is 24.6. The number of aromatic nitrogens is 4.